The summed E-state index contributed by atoms with van der Waals surface area (Å²) < 4.78 is 77.1. The van der Waals surface area contributed by atoms with Crippen molar-refractivity contribution < 1.29 is 30.5 Å². The molecule has 16 heavy (non-hydrogen) atoms. The van der Waals surface area contributed by atoms with Crippen molar-refractivity contribution in [1.82, 2.24) is 5.32 Å². The molecule has 0 unspecified atom stereocenters. The molecule has 0 spiro atoms. The third-order valence-corrected chi connectivity index (χ3v) is 2.26. The Morgan fingerprint density at radius 2 is 1.50 bits per heavy atom. The van der Waals surface area contributed by atoms with E-state index in [9.17, 15) is 26.0 Å². The summed E-state index contributed by atoms with van der Waals surface area (Å²) in [6, 6.07) is 0. The van der Waals surface area contributed by atoms with Crippen LogP contribution >= 0.6 is 0 Å². The molecule has 0 aromatic carbocycles. The van der Waals surface area contributed by atoms with Gasteiger partial charge in [-0.1, -0.05) is 13.3 Å². The summed E-state index contributed by atoms with van der Waals surface area (Å²) in [6.07, 6.45) is -1.63. The van der Waals surface area contributed by atoms with Crippen molar-refractivity contribution >= 4 is 10.1 Å². The maximum Gasteiger partial charge on any atom is 0.431 e. The smallest absolute Gasteiger partial charge is 0.323 e. The fraction of sp³-hybridized carbons (Fsp3) is 1.00. The van der Waals surface area contributed by atoms with Crippen LogP contribution in [0.4, 0.5) is 17.6 Å². The molecule has 2 N–H and O–H groups in total. The van der Waals surface area contributed by atoms with E-state index >= 15 is 0 Å². The second kappa shape index (κ2) is 6.36. The van der Waals surface area contributed by atoms with Crippen LogP contribution in [0.3, 0.4) is 0 Å². The molecule has 4 nitrogen and oxygen atoms in total. The molecular formula is C7H15F4NO3S. The number of rotatable bonds is 4. The molecule has 9 heteroatoms. The maximum absolute atomic E-state index is 12.4. The van der Waals surface area contributed by atoms with Crippen molar-refractivity contribution in [2.75, 3.05) is 14.1 Å². The molecule has 0 rings (SSSR count). The Hall–Kier alpha value is -0.410. The zero-order valence-electron chi connectivity index (χ0n) is 9.10. The molecule has 0 amide bonds. The van der Waals surface area contributed by atoms with E-state index in [2.05, 4.69) is 5.32 Å². The van der Waals surface area contributed by atoms with E-state index in [1.807, 2.05) is 14.1 Å². The molecular weight excluding hydrogens is 254 g/mol. The first kappa shape index (κ1) is 18.0. The van der Waals surface area contributed by atoms with Gasteiger partial charge in [0, 0.05) is 6.42 Å². The number of nitrogens with one attached hydrogen (secondary N) is 1. The molecule has 0 fully saturated rings. The third-order valence-electron chi connectivity index (χ3n) is 1.31. The molecule has 0 saturated heterocycles. The van der Waals surface area contributed by atoms with Crippen LogP contribution in [0.5, 0.6) is 0 Å². The number of hydrogen-bond acceptors (Lipinski definition) is 3. The average Bonchev–Trinajstić information content (AvgIpc) is 2.02. The Morgan fingerprint density at radius 3 is 1.69 bits per heavy atom. The van der Waals surface area contributed by atoms with E-state index in [0.717, 1.165) is 0 Å². The van der Waals surface area contributed by atoms with E-state index in [4.69, 9.17) is 4.55 Å². The first-order valence-corrected chi connectivity index (χ1v) is 5.73. The van der Waals surface area contributed by atoms with Gasteiger partial charge in [0.1, 0.15) is 0 Å². The SMILES string of the molecule is CCCC(F)(F)C(F)(F)S(=O)(=O)O.CNC. The molecule has 0 aliphatic rings. The highest BCUT2D eigenvalue weighted by molar-refractivity contribution is 7.87. The highest BCUT2D eigenvalue weighted by Crippen LogP contribution is 2.41. The zero-order chi connectivity index (χ0) is 13.6. The van der Waals surface area contributed by atoms with Crippen LogP contribution in [0, 0.1) is 0 Å². The van der Waals surface area contributed by atoms with Crippen LogP contribution in [-0.2, 0) is 10.1 Å². The van der Waals surface area contributed by atoms with E-state index in [1.165, 1.54) is 6.92 Å². The number of hydrogen-bond donors (Lipinski definition) is 2. The molecule has 0 aromatic rings. The van der Waals surface area contributed by atoms with Gasteiger partial charge in [0.05, 0.1) is 0 Å². The van der Waals surface area contributed by atoms with Gasteiger partial charge in [-0.3, -0.25) is 4.55 Å². The fourth-order valence-corrected chi connectivity index (χ4v) is 1.13. The van der Waals surface area contributed by atoms with Gasteiger partial charge in [0.15, 0.2) is 0 Å². The first-order valence-electron chi connectivity index (χ1n) is 4.29. The lowest BCUT2D eigenvalue weighted by atomic mass is 10.2. The van der Waals surface area contributed by atoms with E-state index in [0.29, 0.717) is 0 Å². The lowest BCUT2D eigenvalue weighted by molar-refractivity contribution is -0.164. The van der Waals surface area contributed by atoms with Crippen LogP contribution in [0.2, 0.25) is 0 Å². The Morgan fingerprint density at radius 1 is 1.19 bits per heavy atom. The van der Waals surface area contributed by atoms with Crippen molar-refractivity contribution in [2.24, 2.45) is 0 Å². The van der Waals surface area contributed by atoms with Crippen molar-refractivity contribution in [1.29, 1.82) is 0 Å². The summed E-state index contributed by atoms with van der Waals surface area (Å²) in [7, 11) is -2.32. The van der Waals surface area contributed by atoms with E-state index in [-0.39, 0.29) is 6.42 Å². The van der Waals surface area contributed by atoms with Crippen molar-refractivity contribution in [3.05, 3.63) is 0 Å². The minimum absolute atomic E-state index is 0.321. The van der Waals surface area contributed by atoms with Crippen molar-refractivity contribution in [2.45, 2.75) is 30.9 Å². The molecule has 0 radical (unpaired) electrons. The Bertz CT molecular complexity index is 292. The molecule has 0 bridgehead atoms. The quantitative estimate of drug-likeness (QED) is 0.602. The van der Waals surface area contributed by atoms with Gasteiger partial charge in [-0.2, -0.15) is 26.0 Å². The van der Waals surface area contributed by atoms with E-state index < -0.39 is 27.7 Å². The van der Waals surface area contributed by atoms with Gasteiger partial charge < -0.3 is 5.32 Å². The molecule has 0 saturated carbocycles. The second-order valence-electron chi connectivity index (χ2n) is 2.95. The van der Waals surface area contributed by atoms with Crippen LogP contribution < -0.4 is 5.32 Å². The van der Waals surface area contributed by atoms with Gasteiger partial charge in [0.2, 0.25) is 0 Å². The van der Waals surface area contributed by atoms with Gasteiger partial charge >= 0.3 is 21.3 Å². The van der Waals surface area contributed by atoms with Crippen LogP contribution in [0.15, 0.2) is 0 Å². The lowest BCUT2D eigenvalue weighted by Crippen LogP contribution is -2.46. The Labute approximate surface area is 91.8 Å². The van der Waals surface area contributed by atoms with Crippen molar-refractivity contribution in [3.8, 4) is 0 Å². The molecule has 100 valence electrons. The topological polar surface area (TPSA) is 66.4 Å². The summed E-state index contributed by atoms with van der Waals surface area (Å²) in [5.41, 5.74) is 0. The van der Waals surface area contributed by atoms with Gasteiger partial charge in [0.25, 0.3) is 0 Å². The summed E-state index contributed by atoms with van der Waals surface area (Å²) in [6.45, 7) is 1.19. The number of halogens is 4. The monoisotopic (exact) mass is 269 g/mol. The third kappa shape index (κ3) is 4.62. The molecule has 0 aromatic heterocycles. The maximum atomic E-state index is 12.4. The lowest BCUT2D eigenvalue weighted by Gasteiger charge is -2.22. The first-order chi connectivity index (χ1) is 6.97. The molecule has 0 aliphatic carbocycles. The summed E-state index contributed by atoms with van der Waals surface area (Å²) in [4.78, 5) is 0. The van der Waals surface area contributed by atoms with Gasteiger partial charge in [-0.25, -0.2) is 0 Å². The van der Waals surface area contributed by atoms with Crippen LogP contribution in [0.25, 0.3) is 0 Å². The normalized spacial score (nSPS) is 13.0. The zero-order valence-corrected chi connectivity index (χ0v) is 9.91. The predicted octanol–water partition coefficient (Wildman–Crippen LogP) is 1.74. The Balaban J connectivity index is 0. The van der Waals surface area contributed by atoms with E-state index in [1.54, 1.807) is 0 Å². The van der Waals surface area contributed by atoms with Crippen LogP contribution in [0.1, 0.15) is 19.8 Å². The van der Waals surface area contributed by atoms with Crippen LogP contribution in [-0.4, -0.2) is 38.2 Å². The minimum atomic E-state index is -6.07. The largest absolute Gasteiger partial charge is 0.431 e. The van der Waals surface area contributed by atoms with Gasteiger partial charge in [-0.05, 0) is 14.1 Å². The summed E-state index contributed by atoms with van der Waals surface area (Å²) in [5, 5.41) is -2.67. The highest BCUT2D eigenvalue weighted by atomic mass is 32.2. The summed E-state index contributed by atoms with van der Waals surface area (Å²) >= 11 is 0. The Kier molecular flexibility index (Phi) is 7.14. The van der Waals surface area contributed by atoms with Crippen molar-refractivity contribution in [3.63, 3.8) is 0 Å². The summed E-state index contributed by atoms with van der Waals surface area (Å²) in [5.74, 6) is -4.74. The minimum Gasteiger partial charge on any atom is -0.323 e. The fourth-order valence-electron chi connectivity index (χ4n) is 0.648. The molecule has 0 heterocycles. The number of alkyl halides is 4. The standard InChI is InChI=1S/C5H8F4O3S.C2H7N/c1-2-3-4(6,7)5(8,9)13(10,11)12;1-3-2/h2-3H2,1H3,(H,10,11,12);3H,1-2H3. The molecule has 0 atom stereocenters. The second-order valence-corrected chi connectivity index (χ2v) is 4.41. The highest BCUT2D eigenvalue weighted by Gasteiger charge is 2.64. The van der Waals surface area contributed by atoms with Gasteiger partial charge in [-0.15, -0.1) is 0 Å². The predicted molar refractivity (Wildman–Crippen MR) is 51.3 cm³/mol. The molecule has 0 aliphatic heterocycles. The average molecular weight is 269 g/mol.